The Kier molecular flexibility index (Phi) is 3.79. The second-order valence-corrected chi connectivity index (χ2v) is 4.49. The van der Waals surface area contributed by atoms with Gasteiger partial charge in [-0.05, 0) is 32.0 Å². The number of aryl methyl sites for hydroxylation is 1. The van der Waals surface area contributed by atoms with Gasteiger partial charge in [0.2, 0.25) is 0 Å². The Bertz CT molecular complexity index is 580. The summed E-state index contributed by atoms with van der Waals surface area (Å²) in [4.78, 5) is 15.8. The minimum atomic E-state index is -0.391. The summed E-state index contributed by atoms with van der Waals surface area (Å²) in [5, 5.41) is 19.3. The predicted octanol–water partition coefficient (Wildman–Crippen LogP) is 1.18. The quantitative estimate of drug-likeness (QED) is 0.769. The summed E-state index contributed by atoms with van der Waals surface area (Å²) in [6.07, 6.45) is 2.08. The van der Waals surface area contributed by atoms with E-state index >= 15 is 0 Å². The number of rotatable bonds is 4. The van der Waals surface area contributed by atoms with Gasteiger partial charge in [0.15, 0.2) is 5.69 Å². The first-order valence-electron chi connectivity index (χ1n) is 6.02. The van der Waals surface area contributed by atoms with Crippen LogP contribution < -0.4 is 5.32 Å². The monoisotopic (exact) mass is 260 g/mol. The molecule has 0 unspecified atom stereocenters. The molecule has 0 radical (unpaired) electrons. The largest absolute Gasteiger partial charge is 0.505 e. The SMILES string of the molecule is Cc1cc(C[C@@H](C)NC(=O)c2ncccc2O)n[nH]1. The van der Waals surface area contributed by atoms with Gasteiger partial charge in [0.05, 0.1) is 5.69 Å². The number of nitrogens with one attached hydrogen (secondary N) is 2. The zero-order valence-electron chi connectivity index (χ0n) is 10.8. The molecule has 0 aromatic carbocycles. The van der Waals surface area contributed by atoms with E-state index in [1.54, 1.807) is 6.07 Å². The first kappa shape index (κ1) is 13.1. The second-order valence-electron chi connectivity index (χ2n) is 4.49. The van der Waals surface area contributed by atoms with Crippen LogP contribution in [0, 0.1) is 6.92 Å². The van der Waals surface area contributed by atoms with Gasteiger partial charge in [-0.3, -0.25) is 9.89 Å². The lowest BCUT2D eigenvalue weighted by molar-refractivity contribution is 0.0932. The van der Waals surface area contributed by atoms with E-state index in [-0.39, 0.29) is 17.5 Å². The van der Waals surface area contributed by atoms with Gasteiger partial charge in [0.1, 0.15) is 5.75 Å². The van der Waals surface area contributed by atoms with E-state index < -0.39 is 5.91 Å². The number of amides is 1. The predicted molar refractivity (Wildman–Crippen MR) is 69.9 cm³/mol. The van der Waals surface area contributed by atoms with Crippen LogP contribution in [0.4, 0.5) is 0 Å². The fraction of sp³-hybridized carbons (Fsp3) is 0.308. The van der Waals surface area contributed by atoms with Crippen molar-refractivity contribution in [2.75, 3.05) is 0 Å². The van der Waals surface area contributed by atoms with Gasteiger partial charge in [-0.1, -0.05) is 0 Å². The van der Waals surface area contributed by atoms with Gasteiger partial charge >= 0.3 is 0 Å². The maximum absolute atomic E-state index is 11.9. The summed E-state index contributed by atoms with van der Waals surface area (Å²) in [5.41, 5.74) is 1.90. The van der Waals surface area contributed by atoms with Crippen LogP contribution in [0.3, 0.4) is 0 Å². The molecule has 100 valence electrons. The number of hydrogen-bond acceptors (Lipinski definition) is 4. The first-order chi connectivity index (χ1) is 9.06. The molecule has 0 aliphatic heterocycles. The lowest BCUT2D eigenvalue weighted by Crippen LogP contribution is -2.34. The van der Waals surface area contributed by atoms with Crippen molar-refractivity contribution in [3.8, 4) is 5.75 Å². The van der Waals surface area contributed by atoms with E-state index in [0.717, 1.165) is 11.4 Å². The number of aromatic hydroxyl groups is 1. The summed E-state index contributed by atoms with van der Waals surface area (Å²) < 4.78 is 0. The standard InChI is InChI=1S/C13H16N4O2/c1-8(6-10-7-9(2)16-17-10)15-13(19)12-11(18)4-3-5-14-12/h3-5,7-8,18H,6H2,1-2H3,(H,15,19)(H,16,17)/t8-/m1/s1. The summed E-state index contributed by atoms with van der Waals surface area (Å²) in [6.45, 7) is 3.80. The van der Waals surface area contributed by atoms with Gasteiger partial charge in [-0.25, -0.2) is 4.98 Å². The van der Waals surface area contributed by atoms with Crippen molar-refractivity contribution in [2.45, 2.75) is 26.3 Å². The van der Waals surface area contributed by atoms with Crippen LogP contribution in [0.5, 0.6) is 5.75 Å². The van der Waals surface area contributed by atoms with Crippen LogP contribution in [-0.2, 0) is 6.42 Å². The number of pyridine rings is 1. The van der Waals surface area contributed by atoms with Crippen molar-refractivity contribution < 1.29 is 9.90 Å². The van der Waals surface area contributed by atoms with Gasteiger partial charge in [0, 0.05) is 24.4 Å². The molecule has 2 rings (SSSR count). The Labute approximate surface area is 110 Å². The average Bonchev–Trinajstić information content (AvgIpc) is 2.74. The number of nitrogens with zero attached hydrogens (tertiary/aromatic N) is 2. The van der Waals surface area contributed by atoms with Crippen molar-refractivity contribution >= 4 is 5.91 Å². The van der Waals surface area contributed by atoms with Gasteiger partial charge < -0.3 is 10.4 Å². The molecule has 2 aromatic rings. The lowest BCUT2D eigenvalue weighted by Gasteiger charge is -2.12. The molecule has 19 heavy (non-hydrogen) atoms. The Hall–Kier alpha value is -2.37. The van der Waals surface area contributed by atoms with Crippen molar-refractivity contribution in [2.24, 2.45) is 0 Å². The van der Waals surface area contributed by atoms with Crippen LogP contribution in [0.2, 0.25) is 0 Å². The van der Waals surface area contributed by atoms with Crippen LogP contribution in [0.25, 0.3) is 0 Å². The smallest absolute Gasteiger partial charge is 0.273 e. The highest BCUT2D eigenvalue weighted by Gasteiger charge is 2.15. The molecule has 0 saturated carbocycles. The molecule has 2 aromatic heterocycles. The topological polar surface area (TPSA) is 90.9 Å². The van der Waals surface area contributed by atoms with Crippen LogP contribution in [0.15, 0.2) is 24.4 Å². The molecule has 0 saturated heterocycles. The number of carbonyl (C=O) groups is 1. The highest BCUT2D eigenvalue weighted by Crippen LogP contribution is 2.12. The highest BCUT2D eigenvalue weighted by atomic mass is 16.3. The maximum Gasteiger partial charge on any atom is 0.273 e. The molecular weight excluding hydrogens is 244 g/mol. The molecule has 0 aliphatic carbocycles. The Morgan fingerprint density at radius 3 is 3.00 bits per heavy atom. The summed E-state index contributed by atoms with van der Waals surface area (Å²) in [6, 6.07) is 4.84. The molecule has 0 bridgehead atoms. The van der Waals surface area contributed by atoms with Crippen molar-refractivity contribution in [1.29, 1.82) is 0 Å². The fourth-order valence-electron chi connectivity index (χ4n) is 1.81. The van der Waals surface area contributed by atoms with Crippen LogP contribution in [-0.4, -0.2) is 32.2 Å². The Morgan fingerprint density at radius 1 is 1.58 bits per heavy atom. The van der Waals surface area contributed by atoms with Gasteiger partial charge in [0.25, 0.3) is 5.91 Å². The van der Waals surface area contributed by atoms with Gasteiger partial charge in [-0.15, -0.1) is 0 Å². The summed E-state index contributed by atoms with van der Waals surface area (Å²) >= 11 is 0. The zero-order chi connectivity index (χ0) is 13.8. The van der Waals surface area contributed by atoms with Crippen molar-refractivity contribution in [3.63, 3.8) is 0 Å². The molecule has 1 atom stereocenters. The lowest BCUT2D eigenvalue weighted by atomic mass is 10.1. The van der Waals surface area contributed by atoms with E-state index in [1.165, 1.54) is 12.3 Å². The van der Waals surface area contributed by atoms with Gasteiger partial charge in [-0.2, -0.15) is 5.10 Å². The van der Waals surface area contributed by atoms with Crippen molar-refractivity contribution in [1.82, 2.24) is 20.5 Å². The highest BCUT2D eigenvalue weighted by molar-refractivity contribution is 5.94. The molecule has 6 nitrogen and oxygen atoms in total. The van der Waals surface area contributed by atoms with E-state index in [2.05, 4.69) is 20.5 Å². The number of aromatic amines is 1. The van der Waals surface area contributed by atoms with E-state index in [0.29, 0.717) is 6.42 Å². The Morgan fingerprint density at radius 2 is 2.37 bits per heavy atom. The molecule has 0 fully saturated rings. The van der Waals surface area contributed by atoms with Crippen LogP contribution in [0.1, 0.15) is 28.8 Å². The molecule has 2 heterocycles. The summed E-state index contributed by atoms with van der Waals surface area (Å²) in [5.74, 6) is -0.513. The minimum Gasteiger partial charge on any atom is -0.505 e. The molecule has 6 heteroatoms. The maximum atomic E-state index is 11.9. The fourth-order valence-corrected chi connectivity index (χ4v) is 1.81. The zero-order valence-corrected chi connectivity index (χ0v) is 10.8. The normalized spacial score (nSPS) is 12.1. The average molecular weight is 260 g/mol. The van der Waals surface area contributed by atoms with E-state index in [1.807, 2.05) is 19.9 Å². The third-order valence-corrected chi connectivity index (χ3v) is 2.65. The van der Waals surface area contributed by atoms with E-state index in [4.69, 9.17) is 0 Å². The molecule has 1 amide bonds. The first-order valence-corrected chi connectivity index (χ1v) is 6.02. The molecular formula is C13H16N4O2. The second kappa shape index (κ2) is 5.51. The Balaban J connectivity index is 1.97. The van der Waals surface area contributed by atoms with Crippen LogP contribution >= 0.6 is 0 Å². The minimum absolute atomic E-state index is 0.0348. The van der Waals surface area contributed by atoms with Crippen molar-refractivity contribution in [3.05, 3.63) is 41.5 Å². The number of aromatic nitrogens is 3. The number of H-pyrrole nitrogens is 1. The third-order valence-electron chi connectivity index (χ3n) is 2.65. The third kappa shape index (κ3) is 3.31. The van der Waals surface area contributed by atoms with E-state index in [9.17, 15) is 9.90 Å². The number of hydrogen-bond donors (Lipinski definition) is 3. The molecule has 3 N–H and O–H groups in total. The molecule has 0 spiro atoms. The number of carbonyl (C=O) groups excluding carboxylic acids is 1. The molecule has 0 aliphatic rings. The summed E-state index contributed by atoms with van der Waals surface area (Å²) in [7, 11) is 0.